The fourth-order valence-corrected chi connectivity index (χ4v) is 3.08. The summed E-state index contributed by atoms with van der Waals surface area (Å²) in [7, 11) is -0.698. The molecule has 2 aromatic rings. The zero-order chi connectivity index (χ0) is 14.9. The molecule has 2 rings (SSSR count). The van der Waals surface area contributed by atoms with Gasteiger partial charge in [-0.2, -0.15) is 4.31 Å². The van der Waals surface area contributed by atoms with Crippen LogP contribution in [0.1, 0.15) is 11.4 Å². The summed E-state index contributed by atoms with van der Waals surface area (Å²) in [5.41, 5.74) is 0.690. The molecule has 1 heterocycles. The third kappa shape index (κ3) is 2.73. The molecule has 0 amide bonds. The molecule has 1 aromatic heterocycles. The van der Waals surface area contributed by atoms with Crippen LogP contribution in [0, 0.1) is 12.7 Å². The van der Waals surface area contributed by atoms with E-state index in [1.807, 2.05) is 0 Å². The summed E-state index contributed by atoms with van der Waals surface area (Å²) in [6, 6.07) is 4.03. The summed E-state index contributed by atoms with van der Waals surface area (Å²) in [5, 5.41) is 0. The Morgan fingerprint density at radius 3 is 2.70 bits per heavy atom. The number of aromatic nitrogens is 2. The summed E-state index contributed by atoms with van der Waals surface area (Å²) < 4.78 is 41.4. The van der Waals surface area contributed by atoms with E-state index < -0.39 is 15.8 Å². The number of rotatable bonds is 4. The molecule has 0 unspecified atom stereocenters. The third-order valence-electron chi connectivity index (χ3n) is 3.06. The Labute approximate surface area is 117 Å². The van der Waals surface area contributed by atoms with Gasteiger partial charge in [0, 0.05) is 26.5 Å². The minimum absolute atomic E-state index is 0.0826. The number of aryl methyl sites for hydroxylation is 2. The molecule has 0 aliphatic heterocycles. The van der Waals surface area contributed by atoms with E-state index in [0.29, 0.717) is 11.4 Å². The Bertz CT molecular complexity index is 725. The second kappa shape index (κ2) is 5.34. The van der Waals surface area contributed by atoms with Crippen LogP contribution in [0.3, 0.4) is 0 Å². The lowest BCUT2D eigenvalue weighted by molar-refractivity contribution is 0.445. The predicted octanol–water partition coefficient (Wildman–Crippen LogP) is 1.69. The molecule has 0 fully saturated rings. The SMILES string of the molecule is Cc1ccc(F)c(S(=O)(=O)N(C)Cc2nccn2C)c1. The Morgan fingerprint density at radius 2 is 2.10 bits per heavy atom. The second-order valence-electron chi connectivity index (χ2n) is 4.65. The molecule has 7 heteroatoms. The first kappa shape index (κ1) is 14.7. The molecule has 0 atom stereocenters. The van der Waals surface area contributed by atoms with E-state index in [1.54, 1.807) is 30.9 Å². The lowest BCUT2D eigenvalue weighted by Gasteiger charge is -2.17. The molecular weight excluding hydrogens is 281 g/mol. The highest BCUT2D eigenvalue weighted by molar-refractivity contribution is 7.89. The maximum atomic E-state index is 13.8. The largest absolute Gasteiger partial charge is 0.337 e. The van der Waals surface area contributed by atoms with Gasteiger partial charge in [-0.05, 0) is 24.6 Å². The van der Waals surface area contributed by atoms with Gasteiger partial charge in [-0.15, -0.1) is 0 Å². The topological polar surface area (TPSA) is 55.2 Å². The summed E-state index contributed by atoms with van der Waals surface area (Å²) in [4.78, 5) is 3.76. The molecular formula is C13H16FN3O2S. The number of benzene rings is 1. The smallest absolute Gasteiger partial charge is 0.246 e. The van der Waals surface area contributed by atoms with Crippen molar-refractivity contribution in [2.75, 3.05) is 7.05 Å². The van der Waals surface area contributed by atoms with E-state index in [4.69, 9.17) is 0 Å². The van der Waals surface area contributed by atoms with Crippen LogP contribution in [0.15, 0.2) is 35.5 Å². The third-order valence-corrected chi connectivity index (χ3v) is 4.88. The normalized spacial score (nSPS) is 12.1. The Balaban J connectivity index is 2.35. The minimum Gasteiger partial charge on any atom is -0.337 e. The highest BCUT2D eigenvalue weighted by Crippen LogP contribution is 2.20. The van der Waals surface area contributed by atoms with Crippen molar-refractivity contribution in [2.45, 2.75) is 18.4 Å². The van der Waals surface area contributed by atoms with Gasteiger partial charge in [-0.3, -0.25) is 0 Å². The van der Waals surface area contributed by atoms with E-state index in [1.165, 1.54) is 19.2 Å². The molecule has 0 spiro atoms. The van der Waals surface area contributed by atoms with Crippen molar-refractivity contribution in [3.05, 3.63) is 47.8 Å². The summed E-state index contributed by atoms with van der Waals surface area (Å²) >= 11 is 0. The van der Waals surface area contributed by atoms with Gasteiger partial charge in [0.15, 0.2) is 0 Å². The minimum atomic E-state index is -3.88. The molecule has 20 heavy (non-hydrogen) atoms. The number of halogens is 1. The molecule has 5 nitrogen and oxygen atoms in total. The first-order valence-corrected chi connectivity index (χ1v) is 7.45. The summed E-state index contributed by atoms with van der Waals surface area (Å²) in [6.45, 7) is 1.80. The molecule has 0 aliphatic carbocycles. The van der Waals surface area contributed by atoms with Crippen molar-refractivity contribution >= 4 is 10.0 Å². The fourth-order valence-electron chi connectivity index (χ4n) is 1.81. The highest BCUT2D eigenvalue weighted by atomic mass is 32.2. The monoisotopic (exact) mass is 297 g/mol. The molecule has 0 radical (unpaired) electrons. The van der Waals surface area contributed by atoms with Crippen LogP contribution in [0.2, 0.25) is 0 Å². The summed E-state index contributed by atoms with van der Waals surface area (Å²) in [6.07, 6.45) is 3.31. The second-order valence-corrected chi connectivity index (χ2v) is 6.66. The van der Waals surface area contributed by atoms with Crippen LogP contribution in [0.25, 0.3) is 0 Å². The van der Waals surface area contributed by atoms with Gasteiger partial charge in [0.05, 0.1) is 6.54 Å². The number of nitrogens with zero attached hydrogens (tertiary/aromatic N) is 3. The number of imidazole rings is 1. The van der Waals surface area contributed by atoms with Crippen molar-refractivity contribution in [3.63, 3.8) is 0 Å². The molecule has 0 N–H and O–H groups in total. The van der Waals surface area contributed by atoms with Crippen LogP contribution in [0.4, 0.5) is 4.39 Å². The lowest BCUT2D eigenvalue weighted by atomic mass is 10.2. The molecule has 0 bridgehead atoms. The number of hydrogen-bond acceptors (Lipinski definition) is 3. The first-order valence-electron chi connectivity index (χ1n) is 6.01. The van der Waals surface area contributed by atoms with Gasteiger partial charge in [0.1, 0.15) is 16.5 Å². The Morgan fingerprint density at radius 1 is 1.40 bits per heavy atom. The van der Waals surface area contributed by atoms with Gasteiger partial charge >= 0.3 is 0 Å². The van der Waals surface area contributed by atoms with E-state index in [-0.39, 0.29) is 11.4 Å². The summed E-state index contributed by atoms with van der Waals surface area (Å²) in [5.74, 6) is -0.161. The van der Waals surface area contributed by atoms with Crippen molar-refractivity contribution < 1.29 is 12.8 Å². The maximum Gasteiger partial charge on any atom is 0.246 e. The van der Waals surface area contributed by atoms with Gasteiger partial charge in [-0.1, -0.05) is 6.07 Å². The van der Waals surface area contributed by atoms with E-state index >= 15 is 0 Å². The van der Waals surface area contributed by atoms with E-state index in [9.17, 15) is 12.8 Å². The predicted molar refractivity (Wildman–Crippen MR) is 73.0 cm³/mol. The van der Waals surface area contributed by atoms with Gasteiger partial charge in [-0.25, -0.2) is 17.8 Å². The van der Waals surface area contributed by atoms with Crippen molar-refractivity contribution in [1.29, 1.82) is 0 Å². The van der Waals surface area contributed by atoms with Crippen molar-refractivity contribution in [2.24, 2.45) is 7.05 Å². The first-order chi connectivity index (χ1) is 9.32. The van der Waals surface area contributed by atoms with Crippen LogP contribution >= 0.6 is 0 Å². The van der Waals surface area contributed by atoms with E-state index in [2.05, 4.69) is 4.98 Å². The average molecular weight is 297 g/mol. The molecule has 108 valence electrons. The lowest BCUT2D eigenvalue weighted by Crippen LogP contribution is -2.28. The Hall–Kier alpha value is -1.73. The van der Waals surface area contributed by atoms with Crippen LogP contribution in [0.5, 0.6) is 0 Å². The maximum absolute atomic E-state index is 13.8. The zero-order valence-corrected chi connectivity index (χ0v) is 12.4. The standard InChI is InChI=1S/C13H16FN3O2S/c1-10-4-5-11(14)12(8-10)20(18,19)17(3)9-13-15-6-7-16(13)2/h4-8H,9H2,1-3H3. The van der Waals surface area contributed by atoms with Crippen molar-refractivity contribution in [3.8, 4) is 0 Å². The molecule has 1 aromatic carbocycles. The number of hydrogen-bond donors (Lipinski definition) is 0. The quantitative estimate of drug-likeness (QED) is 0.863. The van der Waals surface area contributed by atoms with Crippen LogP contribution in [-0.4, -0.2) is 29.3 Å². The number of sulfonamides is 1. The van der Waals surface area contributed by atoms with Gasteiger partial charge in [0.25, 0.3) is 0 Å². The Kier molecular flexibility index (Phi) is 3.92. The van der Waals surface area contributed by atoms with Crippen molar-refractivity contribution in [1.82, 2.24) is 13.9 Å². The van der Waals surface area contributed by atoms with Gasteiger partial charge < -0.3 is 4.57 Å². The zero-order valence-electron chi connectivity index (χ0n) is 11.5. The average Bonchev–Trinajstić information content (AvgIpc) is 2.78. The molecule has 0 aliphatic rings. The van der Waals surface area contributed by atoms with Crippen LogP contribution in [-0.2, 0) is 23.6 Å². The van der Waals surface area contributed by atoms with E-state index in [0.717, 1.165) is 10.4 Å². The fraction of sp³-hybridized carbons (Fsp3) is 0.308. The molecule has 0 saturated heterocycles. The van der Waals surface area contributed by atoms with Crippen LogP contribution < -0.4 is 0 Å². The van der Waals surface area contributed by atoms with Gasteiger partial charge in [0.2, 0.25) is 10.0 Å². The molecule has 0 saturated carbocycles. The highest BCUT2D eigenvalue weighted by Gasteiger charge is 2.25.